The largest absolute Gasteiger partial charge is 0.495 e. The van der Waals surface area contributed by atoms with Gasteiger partial charge in [0, 0.05) is 0 Å². The summed E-state index contributed by atoms with van der Waals surface area (Å²) in [4.78, 5) is 28.7. The monoisotopic (exact) mass is 371 g/mol. The lowest BCUT2D eigenvalue weighted by Crippen LogP contribution is -2.30. The third-order valence-electron chi connectivity index (χ3n) is 3.66. The highest BCUT2D eigenvalue weighted by molar-refractivity contribution is 7.22. The Hall–Kier alpha value is -3.13. The van der Waals surface area contributed by atoms with Crippen molar-refractivity contribution >= 4 is 44.2 Å². The van der Waals surface area contributed by atoms with Crippen LogP contribution in [0.15, 0.2) is 42.5 Å². The lowest BCUT2D eigenvalue weighted by Gasteiger charge is -2.15. The maximum absolute atomic E-state index is 12.3. The van der Waals surface area contributed by atoms with Crippen LogP contribution < -0.4 is 15.8 Å². The van der Waals surface area contributed by atoms with Gasteiger partial charge in [-0.3, -0.25) is 4.79 Å². The first-order valence-electron chi connectivity index (χ1n) is 7.79. The molecular weight excluding hydrogens is 354 g/mol. The van der Waals surface area contributed by atoms with Gasteiger partial charge in [-0.15, -0.1) is 0 Å². The number of ether oxygens (including phenoxy) is 2. The smallest absolute Gasteiger partial charge is 0.338 e. The lowest BCUT2D eigenvalue weighted by atomic mass is 10.2. The third-order valence-corrected chi connectivity index (χ3v) is 4.51. The van der Waals surface area contributed by atoms with Gasteiger partial charge in [0.2, 0.25) is 0 Å². The van der Waals surface area contributed by atoms with E-state index in [1.807, 2.05) is 0 Å². The highest BCUT2D eigenvalue weighted by Gasteiger charge is 2.20. The molecule has 1 aromatic heterocycles. The van der Waals surface area contributed by atoms with Crippen LogP contribution in [0.1, 0.15) is 17.3 Å². The predicted octanol–water partition coefficient (Wildman–Crippen LogP) is 3.07. The second-order valence-electron chi connectivity index (χ2n) is 5.47. The Morgan fingerprint density at radius 2 is 2.00 bits per heavy atom. The first kappa shape index (κ1) is 17.7. The molecule has 7 nitrogen and oxygen atoms in total. The molecule has 1 amide bonds. The second kappa shape index (κ2) is 7.40. The number of hydrogen-bond donors (Lipinski definition) is 2. The summed E-state index contributed by atoms with van der Waals surface area (Å²) in [5, 5.41) is 3.11. The Morgan fingerprint density at radius 1 is 1.23 bits per heavy atom. The van der Waals surface area contributed by atoms with Crippen LogP contribution in [0.5, 0.6) is 5.75 Å². The van der Waals surface area contributed by atoms with Crippen molar-refractivity contribution in [2.75, 3.05) is 18.2 Å². The minimum absolute atomic E-state index is 0.332. The number of nitrogens with one attached hydrogen (secondary N) is 1. The zero-order valence-electron chi connectivity index (χ0n) is 14.2. The van der Waals surface area contributed by atoms with Gasteiger partial charge in [-0.05, 0) is 37.3 Å². The fourth-order valence-electron chi connectivity index (χ4n) is 2.33. The van der Waals surface area contributed by atoms with Crippen LogP contribution in [0.2, 0.25) is 0 Å². The van der Waals surface area contributed by atoms with Crippen LogP contribution in [0.3, 0.4) is 0 Å². The first-order chi connectivity index (χ1) is 12.5. The summed E-state index contributed by atoms with van der Waals surface area (Å²) in [6.45, 7) is 1.51. The highest BCUT2D eigenvalue weighted by Crippen LogP contribution is 2.25. The number of hydrogen-bond acceptors (Lipinski definition) is 7. The van der Waals surface area contributed by atoms with E-state index in [4.69, 9.17) is 15.2 Å². The molecule has 8 heteroatoms. The number of nitrogen functional groups attached to an aromatic ring is 1. The summed E-state index contributed by atoms with van der Waals surface area (Å²) >= 11 is 1.28. The van der Waals surface area contributed by atoms with Crippen molar-refractivity contribution < 1.29 is 19.1 Å². The zero-order chi connectivity index (χ0) is 18.7. The van der Waals surface area contributed by atoms with E-state index in [9.17, 15) is 9.59 Å². The molecule has 2 aromatic carbocycles. The summed E-state index contributed by atoms with van der Waals surface area (Å²) in [6, 6.07) is 11.9. The molecule has 0 aliphatic carbocycles. The lowest BCUT2D eigenvalue weighted by molar-refractivity contribution is -0.123. The number of aromatic nitrogens is 1. The number of thiazole rings is 1. The Morgan fingerprint density at radius 3 is 2.77 bits per heavy atom. The molecule has 26 heavy (non-hydrogen) atoms. The molecule has 0 spiro atoms. The van der Waals surface area contributed by atoms with E-state index in [2.05, 4.69) is 10.3 Å². The minimum atomic E-state index is -0.977. The quantitative estimate of drug-likeness (QED) is 0.668. The number of methoxy groups -OCH3 is 1. The standard InChI is InChI=1S/C18H17N3O4S/c1-10(16(22)20-12-5-3-4-6-14(12)24-2)25-17(23)11-7-8-13-15(9-11)26-18(19)21-13/h3-10H,1-2H3,(H2,19,21)(H,20,22)/t10-/m0/s1. The fraction of sp³-hybridized carbons (Fsp3) is 0.167. The zero-order valence-corrected chi connectivity index (χ0v) is 15.0. The van der Waals surface area contributed by atoms with Gasteiger partial charge >= 0.3 is 5.97 Å². The van der Waals surface area contributed by atoms with Crippen molar-refractivity contribution in [2.45, 2.75) is 13.0 Å². The highest BCUT2D eigenvalue weighted by atomic mass is 32.1. The van der Waals surface area contributed by atoms with E-state index >= 15 is 0 Å². The average Bonchev–Trinajstić information content (AvgIpc) is 3.01. The summed E-state index contributed by atoms with van der Waals surface area (Å²) in [5.74, 6) is -0.528. The molecule has 0 unspecified atom stereocenters. The molecular formula is C18H17N3O4S. The SMILES string of the molecule is COc1ccccc1NC(=O)[C@H](C)OC(=O)c1ccc2nc(N)sc2c1. The van der Waals surface area contributed by atoms with Gasteiger partial charge < -0.3 is 20.5 Å². The fourth-order valence-corrected chi connectivity index (χ4v) is 3.11. The maximum atomic E-state index is 12.3. The number of carbonyl (C=O) groups is 2. The molecule has 0 aliphatic rings. The molecule has 0 fully saturated rings. The number of carbonyl (C=O) groups excluding carboxylic acids is 2. The number of anilines is 2. The number of rotatable bonds is 5. The van der Waals surface area contributed by atoms with E-state index in [1.54, 1.807) is 42.5 Å². The molecule has 0 saturated carbocycles. The van der Waals surface area contributed by atoms with Crippen molar-refractivity contribution in [3.63, 3.8) is 0 Å². The molecule has 1 atom stereocenters. The van der Waals surface area contributed by atoms with Gasteiger partial charge in [0.25, 0.3) is 5.91 Å². The molecule has 0 bridgehead atoms. The summed E-state index contributed by atoms with van der Waals surface area (Å²) < 4.78 is 11.2. The Kier molecular flexibility index (Phi) is 5.04. The summed E-state index contributed by atoms with van der Waals surface area (Å²) in [6.07, 6.45) is -0.977. The molecule has 3 N–H and O–H groups in total. The van der Waals surface area contributed by atoms with E-state index in [0.717, 1.165) is 4.70 Å². The minimum Gasteiger partial charge on any atom is -0.495 e. The Bertz CT molecular complexity index is 970. The number of nitrogens with zero attached hydrogens (tertiary/aromatic N) is 1. The van der Waals surface area contributed by atoms with Crippen molar-refractivity contribution in [1.29, 1.82) is 0 Å². The maximum Gasteiger partial charge on any atom is 0.338 e. The van der Waals surface area contributed by atoms with Crippen molar-refractivity contribution in [2.24, 2.45) is 0 Å². The van der Waals surface area contributed by atoms with Crippen LogP contribution in [0, 0.1) is 0 Å². The Balaban J connectivity index is 1.68. The average molecular weight is 371 g/mol. The number of nitrogens with two attached hydrogens (primary N) is 1. The van der Waals surface area contributed by atoms with Crippen molar-refractivity contribution in [3.05, 3.63) is 48.0 Å². The molecule has 0 aliphatic heterocycles. The number of fused-ring (bicyclic) bond motifs is 1. The molecule has 134 valence electrons. The van der Waals surface area contributed by atoms with Gasteiger partial charge in [-0.25, -0.2) is 9.78 Å². The van der Waals surface area contributed by atoms with Crippen LogP contribution >= 0.6 is 11.3 Å². The topological polar surface area (TPSA) is 104 Å². The van der Waals surface area contributed by atoms with E-state index in [0.29, 0.717) is 27.6 Å². The second-order valence-corrected chi connectivity index (χ2v) is 6.53. The van der Waals surface area contributed by atoms with Gasteiger partial charge in [0.1, 0.15) is 5.75 Å². The molecule has 3 rings (SSSR count). The molecule has 1 heterocycles. The van der Waals surface area contributed by atoms with Crippen LogP contribution in [-0.2, 0) is 9.53 Å². The molecule has 3 aromatic rings. The number of amides is 1. The number of esters is 1. The van der Waals surface area contributed by atoms with Gasteiger partial charge in [-0.2, -0.15) is 0 Å². The Labute approximate surface area is 153 Å². The van der Waals surface area contributed by atoms with Crippen LogP contribution in [-0.4, -0.2) is 30.1 Å². The summed E-state index contributed by atoms with van der Waals surface area (Å²) in [5.41, 5.74) is 7.21. The van der Waals surface area contributed by atoms with Gasteiger partial charge in [-0.1, -0.05) is 23.5 Å². The van der Waals surface area contributed by atoms with Crippen LogP contribution in [0.4, 0.5) is 10.8 Å². The van der Waals surface area contributed by atoms with Crippen molar-refractivity contribution in [1.82, 2.24) is 4.98 Å². The van der Waals surface area contributed by atoms with Gasteiger partial charge in [0.05, 0.1) is 28.6 Å². The van der Waals surface area contributed by atoms with E-state index < -0.39 is 18.0 Å². The molecule has 0 saturated heterocycles. The van der Waals surface area contributed by atoms with E-state index in [1.165, 1.54) is 25.4 Å². The van der Waals surface area contributed by atoms with Gasteiger partial charge in [0.15, 0.2) is 11.2 Å². The molecule has 0 radical (unpaired) electrons. The predicted molar refractivity (Wildman–Crippen MR) is 101 cm³/mol. The third kappa shape index (κ3) is 3.75. The normalized spacial score (nSPS) is 11.8. The van der Waals surface area contributed by atoms with Crippen LogP contribution in [0.25, 0.3) is 10.2 Å². The summed E-state index contributed by atoms with van der Waals surface area (Å²) in [7, 11) is 1.51. The van der Waals surface area contributed by atoms with Crippen molar-refractivity contribution in [3.8, 4) is 5.75 Å². The number of benzene rings is 2. The number of para-hydroxylation sites is 2. The van der Waals surface area contributed by atoms with E-state index in [-0.39, 0.29) is 0 Å². The first-order valence-corrected chi connectivity index (χ1v) is 8.60.